The second-order valence-electron chi connectivity index (χ2n) is 4.52. The van der Waals surface area contributed by atoms with E-state index < -0.39 is 12.1 Å². The van der Waals surface area contributed by atoms with E-state index in [9.17, 15) is 5.11 Å². The maximum absolute atomic E-state index is 10.2. The normalized spacial score (nSPS) is 12.8. The van der Waals surface area contributed by atoms with E-state index in [1.807, 2.05) is 30.3 Å². The lowest BCUT2D eigenvalue weighted by Gasteiger charge is -2.19. The zero-order valence-electron chi connectivity index (χ0n) is 10.9. The fourth-order valence-corrected chi connectivity index (χ4v) is 1.98. The first-order valence-corrected chi connectivity index (χ1v) is 6.18. The number of halogens is 1. The maximum atomic E-state index is 10.2. The average molecular weight is 289 g/mol. The van der Waals surface area contributed by atoms with Gasteiger partial charge in [0.15, 0.2) is 0 Å². The van der Waals surface area contributed by atoms with Crippen LogP contribution in [0.25, 0.3) is 0 Å². The van der Waals surface area contributed by atoms with Gasteiger partial charge in [-0.25, -0.2) is 0 Å². The van der Waals surface area contributed by atoms with Gasteiger partial charge in [0, 0.05) is 6.42 Å². The van der Waals surface area contributed by atoms with Crippen LogP contribution in [0.4, 0.5) is 0 Å². The zero-order chi connectivity index (χ0) is 13.7. The van der Waals surface area contributed by atoms with E-state index in [0.29, 0.717) is 12.0 Å². The van der Waals surface area contributed by atoms with Crippen molar-refractivity contribution in [2.75, 3.05) is 0 Å². The summed E-state index contributed by atoms with van der Waals surface area (Å²) < 4.78 is 0. The zero-order valence-corrected chi connectivity index (χ0v) is 11.8. The van der Waals surface area contributed by atoms with Crippen molar-refractivity contribution in [3.8, 4) is 6.07 Å². The van der Waals surface area contributed by atoms with E-state index in [0.717, 1.165) is 11.1 Å². The summed E-state index contributed by atoms with van der Waals surface area (Å²) in [4.78, 5) is 0. The van der Waals surface area contributed by atoms with Gasteiger partial charge in [-0.2, -0.15) is 5.26 Å². The molecule has 0 aliphatic heterocycles. The molecule has 4 heteroatoms. The van der Waals surface area contributed by atoms with Gasteiger partial charge in [-0.05, 0) is 23.3 Å². The van der Waals surface area contributed by atoms with Crippen LogP contribution in [0.15, 0.2) is 54.6 Å². The van der Waals surface area contributed by atoms with Gasteiger partial charge in [0.2, 0.25) is 0 Å². The van der Waals surface area contributed by atoms with Crippen molar-refractivity contribution >= 4 is 12.4 Å². The molecule has 2 atom stereocenters. The number of nitrogens with zero attached hydrogens (tertiary/aromatic N) is 1. The molecule has 2 rings (SSSR count). The minimum absolute atomic E-state index is 0. The Morgan fingerprint density at radius 1 is 1.05 bits per heavy atom. The van der Waals surface area contributed by atoms with Gasteiger partial charge in [-0.3, -0.25) is 0 Å². The molecule has 3 nitrogen and oxygen atoms in total. The average Bonchev–Trinajstić information content (AvgIpc) is 2.47. The second-order valence-corrected chi connectivity index (χ2v) is 4.52. The van der Waals surface area contributed by atoms with E-state index in [-0.39, 0.29) is 12.4 Å². The Kier molecular flexibility index (Phi) is 6.20. The molecular weight excluding hydrogens is 272 g/mol. The molecule has 20 heavy (non-hydrogen) atoms. The molecule has 2 aromatic carbocycles. The third-order valence-corrected chi connectivity index (χ3v) is 3.13. The van der Waals surface area contributed by atoms with Crippen LogP contribution in [0.3, 0.4) is 0 Å². The Balaban J connectivity index is 0.00000200. The van der Waals surface area contributed by atoms with Crippen molar-refractivity contribution in [2.24, 2.45) is 5.73 Å². The number of nitrogens with two attached hydrogens (primary N) is 1. The topological polar surface area (TPSA) is 70.0 Å². The lowest BCUT2D eigenvalue weighted by molar-refractivity contribution is 0.145. The molecule has 2 aromatic rings. The van der Waals surface area contributed by atoms with E-state index in [2.05, 4.69) is 6.07 Å². The van der Waals surface area contributed by atoms with E-state index in [4.69, 9.17) is 11.0 Å². The van der Waals surface area contributed by atoms with Crippen molar-refractivity contribution in [3.63, 3.8) is 0 Å². The van der Waals surface area contributed by atoms with Gasteiger partial charge in [0.25, 0.3) is 0 Å². The summed E-state index contributed by atoms with van der Waals surface area (Å²) in [6, 6.07) is 18.4. The SMILES string of the molecule is Cl.N#Cc1ccc([C@H](N)[C@H](O)Cc2ccccc2)cc1. The Labute approximate surface area is 125 Å². The lowest BCUT2D eigenvalue weighted by atomic mass is 9.96. The van der Waals surface area contributed by atoms with E-state index in [1.165, 1.54) is 0 Å². The highest BCUT2D eigenvalue weighted by atomic mass is 35.5. The van der Waals surface area contributed by atoms with Gasteiger partial charge in [-0.15, -0.1) is 12.4 Å². The third kappa shape index (κ3) is 4.07. The molecule has 0 aliphatic rings. The molecule has 0 aromatic heterocycles. The third-order valence-electron chi connectivity index (χ3n) is 3.13. The Hall–Kier alpha value is -1.86. The molecule has 0 saturated heterocycles. The number of rotatable bonds is 4. The minimum Gasteiger partial charge on any atom is -0.391 e. The highest BCUT2D eigenvalue weighted by Gasteiger charge is 2.17. The largest absolute Gasteiger partial charge is 0.391 e. The van der Waals surface area contributed by atoms with Crippen LogP contribution in [-0.4, -0.2) is 11.2 Å². The van der Waals surface area contributed by atoms with Crippen LogP contribution in [0.1, 0.15) is 22.7 Å². The summed E-state index contributed by atoms with van der Waals surface area (Å²) in [5.74, 6) is 0. The summed E-state index contributed by atoms with van der Waals surface area (Å²) in [6.07, 6.45) is -0.127. The van der Waals surface area contributed by atoms with Gasteiger partial charge in [-0.1, -0.05) is 42.5 Å². The Morgan fingerprint density at radius 3 is 2.20 bits per heavy atom. The first kappa shape index (κ1) is 16.2. The number of aliphatic hydroxyl groups excluding tert-OH is 1. The van der Waals surface area contributed by atoms with Gasteiger partial charge in [0.1, 0.15) is 0 Å². The van der Waals surface area contributed by atoms with Crippen molar-refractivity contribution in [1.82, 2.24) is 0 Å². The number of aliphatic hydroxyl groups is 1. The summed E-state index contributed by atoms with van der Waals surface area (Å²) in [6.45, 7) is 0. The van der Waals surface area contributed by atoms with Crippen molar-refractivity contribution in [1.29, 1.82) is 5.26 Å². The van der Waals surface area contributed by atoms with Crippen LogP contribution in [0.2, 0.25) is 0 Å². The first-order chi connectivity index (χ1) is 9.20. The second kappa shape index (κ2) is 7.66. The summed E-state index contributed by atoms with van der Waals surface area (Å²) in [7, 11) is 0. The van der Waals surface area contributed by atoms with E-state index >= 15 is 0 Å². The molecular formula is C16H17ClN2O. The molecule has 0 bridgehead atoms. The van der Waals surface area contributed by atoms with Crippen molar-refractivity contribution < 1.29 is 5.11 Å². The van der Waals surface area contributed by atoms with E-state index in [1.54, 1.807) is 24.3 Å². The molecule has 0 saturated carbocycles. The number of hydrogen-bond donors (Lipinski definition) is 2. The standard InChI is InChI=1S/C16H16N2O.ClH/c17-11-13-6-8-14(9-7-13)16(18)15(19)10-12-4-2-1-3-5-12;/h1-9,15-16,19H,10,18H2;1H/t15-,16+;/m1./s1. The highest BCUT2D eigenvalue weighted by Crippen LogP contribution is 2.18. The van der Waals surface area contributed by atoms with Crippen LogP contribution in [0, 0.1) is 11.3 Å². The molecule has 0 heterocycles. The van der Waals surface area contributed by atoms with Crippen LogP contribution in [-0.2, 0) is 6.42 Å². The van der Waals surface area contributed by atoms with Crippen LogP contribution < -0.4 is 5.73 Å². The predicted molar refractivity (Wildman–Crippen MR) is 81.5 cm³/mol. The fraction of sp³-hybridized carbons (Fsp3) is 0.188. The van der Waals surface area contributed by atoms with Gasteiger partial charge < -0.3 is 10.8 Å². The number of benzene rings is 2. The Bertz CT molecular complexity index is 563. The predicted octanol–water partition coefficient (Wildman–Crippen LogP) is 2.58. The molecule has 0 radical (unpaired) electrons. The molecule has 0 amide bonds. The van der Waals surface area contributed by atoms with Crippen molar-refractivity contribution in [3.05, 3.63) is 71.3 Å². The number of hydrogen-bond acceptors (Lipinski definition) is 3. The van der Waals surface area contributed by atoms with Crippen molar-refractivity contribution in [2.45, 2.75) is 18.6 Å². The molecule has 3 N–H and O–H groups in total. The van der Waals surface area contributed by atoms with Crippen LogP contribution in [0.5, 0.6) is 0 Å². The van der Waals surface area contributed by atoms with Crippen LogP contribution >= 0.6 is 12.4 Å². The van der Waals surface area contributed by atoms with Gasteiger partial charge >= 0.3 is 0 Å². The molecule has 0 spiro atoms. The summed E-state index contributed by atoms with van der Waals surface area (Å²) >= 11 is 0. The Morgan fingerprint density at radius 2 is 1.65 bits per heavy atom. The smallest absolute Gasteiger partial charge is 0.0991 e. The molecule has 0 aliphatic carbocycles. The molecule has 0 fully saturated rings. The molecule has 104 valence electrons. The quantitative estimate of drug-likeness (QED) is 0.908. The highest BCUT2D eigenvalue weighted by molar-refractivity contribution is 5.85. The minimum atomic E-state index is -0.643. The lowest BCUT2D eigenvalue weighted by Crippen LogP contribution is -2.28. The summed E-state index contributed by atoms with van der Waals surface area (Å²) in [5.41, 5.74) is 8.53. The maximum Gasteiger partial charge on any atom is 0.0991 e. The first-order valence-electron chi connectivity index (χ1n) is 6.18. The number of nitriles is 1. The monoisotopic (exact) mass is 288 g/mol. The fourth-order valence-electron chi connectivity index (χ4n) is 1.98. The molecule has 0 unspecified atom stereocenters. The van der Waals surface area contributed by atoms with Gasteiger partial charge in [0.05, 0.1) is 23.8 Å². The summed E-state index contributed by atoms with van der Waals surface area (Å²) in [5, 5.41) is 18.9.